The summed E-state index contributed by atoms with van der Waals surface area (Å²) in [5, 5.41) is 3.30. The molecule has 3 nitrogen and oxygen atoms in total. The molecule has 0 saturated carbocycles. The third kappa shape index (κ3) is 3.76. The molecule has 1 aliphatic heterocycles. The van der Waals surface area contributed by atoms with Crippen molar-refractivity contribution >= 4 is 5.91 Å². The second kappa shape index (κ2) is 6.79. The second-order valence-electron chi connectivity index (χ2n) is 5.21. The summed E-state index contributed by atoms with van der Waals surface area (Å²) in [7, 11) is 0. The molecule has 110 valence electrons. The maximum atomic E-state index is 13.2. The Morgan fingerprint density at radius 3 is 2.60 bits per heavy atom. The minimum Gasteiger partial charge on any atom is -0.339 e. The molecule has 1 aromatic carbocycles. The van der Waals surface area contributed by atoms with Crippen molar-refractivity contribution in [3.8, 4) is 0 Å². The van der Waals surface area contributed by atoms with Gasteiger partial charge in [0, 0.05) is 24.7 Å². The van der Waals surface area contributed by atoms with Crippen LogP contribution in [0.3, 0.4) is 0 Å². The van der Waals surface area contributed by atoms with Crippen LogP contribution in [0.15, 0.2) is 18.2 Å². The molecule has 0 radical (unpaired) electrons. The molecule has 1 unspecified atom stereocenters. The third-order valence-electron chi connectivity index (χ3n) is 3.66. The Balaban J connectivity index is 2.07. The number of carbonyl (C=O) groups excluding carboxylic acids is 1. The summed E-state index contributed by atoms with van der Waals surface area (Å²) in [6.45, 7) is 4.95. The van der Waals surface area contributed by atoms with Crippen molar-refractivity contribution in [1.29, 1.82) is 0 Å². The lowest BCUT2D eigenvalue weighted by molar-refractivity contribution is 0.0728. The van der Waals surface area contributed by atoms with Crippen LogP contribution >= 0.6 is 0 Å². The highest BCUT2D eigenvalue weighted by Gasteiger charge is 2.21. The first-order valence-corrected chi connectivity index (χ1v) is 7.06. The molecule has 1 fully saturated rings. The van der Waals surface area contributed by atoms with Crippen molar-refractivity contribution in [2.45, 2.75) is 19.8 Å². The molecule has 0 spiro atoms. The number of amides is 1. The predicted molar refractivity (Wildman–Crippen MR) is 73.5 cm³/mol. The van der Waals surface area contributed by atoms with Crippen LogP contribution in [0.5, 0.6) is 0 Å². The van der Waals surface area contributed by atoms with Crippen molar-refractivity contribution in [3.05, 3.63) is 35.4 Å². The van der Waals surface area contributed by atoms with Gasteiger partial charge < -0.3 is 10.2 Å². The molecule has 0 bridgehead atoms. The molecular weight excluding hydrogens is 262 g/mol. The molecule has 1 aromatic rings. The molecule has 5 heteroatoms. The van der Waals surface area contributed by atoms with Crippen molar-refractivity contribution in [2.24, 2.45) is 5.92 Å². The first kappa shape index (κ1) is 14.9. The second-order valence-corrected chi connectivity index (χ2v) is 5.21. The zero-order valence-electron chi connectivity index (χ0n) is 11.7. The summed E-state index contributed by atoms with van der Waals surface area (Å²) < 4.78 is 26.4. The van der Waals surface area contributed by atoms with Gasteiger partial charge in [0.25, 0.3) is 5.91 Å². The van der Waals surface area contributed by atoms with Crippen molar-refractivity contribution < 1.29 is 13.6 Å². The summed E-state index contributed by atoms with van der Waals surface area (Å²) in [5.74, 6) is -1.34. The standard InChI is InChI=1S/C15H20F2N2O/c1-2-19(10-11-4-3-5-18-9-11)15(20)12-6-13(16)8-14(17)7-12/h6-8,11,18H,2-5,9-10H2,1H3. The van der Waals surface area contributed by atoms with Gasteiger partial charge in [0.15, 0.2) is 0 Å². The van der Waals surface area contributed by atoms with Crippen molar-refractivity contribution in [3.63, 3.8) is 0 Å². The van der Waals surface area contributed by atoms with Gasteiger partial charge in [-0.1, -0.05) is 0 Å². The van der Waals surface area contributed by atoms with E-state index in [0.717, 1.165) is 44.1 Å². The fraction of sp³-hybridized carbons (Fsp3) is 0.533. The summed E-state index contributed by atoms with van der Waals surface area (Å²) in [6, 6.07) is 2.96. The number of hydrogen-bond donors (Lipinski definition) is 1. The predicted octanol–water partition coefficient (Wildman–Crippen LogP) is 2.43. The molecule has 0 aliphatic carbocycles. The van der Waals surface area contributed by atoms with Gasteiger partial charge in [0.2, 0.25) is 0 Å². The van der Waals surface area contributed by atoms with Crippen LogP contribution in [-0.2, 0) is 0 Å². The van der Waals surface area contributed by atoms with E-state index in [-0.39, 0.29) is 11.5 Å². The van der Waals surface area contributed by atoms with E-state index >= 15 is 0 Å². The van der Waals surface area contributed by atoms with E-state index in [0.29, 0.717) is 19.0 Å². The molecule has 1 N–H and O–H groups in total. The van der Waals surface area contributed by atoms with Crippen LogP contribution in [0.4, 0.5) is 8.78 Å². The Bertz CT molecular complexity index is 453. The van der Waals surface area contributed by atoms with Gasteiger partial charge in [-0.05, 0) is 50.9 Å². The van der Waals surface area contributed by atoms with Gasteiger partial charge in [-0.25, -0.2) is 8.78 Å². The first-order chi connectivity index (χ1) is 9.60. The molecule has 1 amide bonds. The average molecular weight is 282 g/mol. The number of nitrogens with zero attached hydrogens (tertiary/aromatic N) is 1. The minimum atomic E-state index is -0.719. The third-order valence-corrected chi connectivity index (χ3v) is 3.66. The highest BCUT2D eigenvalue weighted by Crippen LogP contribution is 2.15. The van der Waals surface area contributed by atoms with Gasteiger partial charge >= 0.3 is 0 Å². The van der Waals surface area contributed by atoms with Crippen LogP contribution in [0.1, 0.15) is 30.1 Å². The average Bonchev–Trinajstić information content (AvgIpc) is 2.44. The van der Waals surface area contributed by atoms with Crippen LogP contribution < -0.4 is 5.32 Å². The lowest BCUT2D eigenvalue weighted by Gasteiger charge is -2.29. The number of nitrogens with one attached hydrogen (secondary N) is 1. The van der Waals surface area contributed by atoms with E-state index in [4.69, 9.17) is 0 Å². The van der Waals surface area contributed by atoms with E-state index in [1.807, 2.05) is 6.92 Å². The monoisotopic (exact) mass is 282 g/mol. The lowest BCUT2D eigenvalue weighted by Crippen LogP contribution is -2.41. The summed E-state index contributed by atoms with van der Waals surface area (Å²) in [6.07, 6.45) is 2.18. The number of piperidine rings is 1. The quantitative estimate of drug-likeness (QED) is 0.920. The molecule has 1 heterocycles. The number of halogens is 2. The maximum absolute atomic E-state index is 13.2. The molecule has 1 aliphatic rings. The van der Waals surface area contributed by atoms with Crippen LogP contribution in [0.25, 0.3) is 0 Å². The Labute approximate surface area is 118 Å². The van der Waals surface area contributed by atoms with Crippen LogP contribution in [-0.4, -0.2) is 37.0 Å². The van der Waals surface area contributed by atoms with E-state index < -0.39 is 11.6 Å². The normalized spacial score (nSPS) is 18.9. The number of carbonyl (C=O) groups is 1. The van der Waals surface area contributed by atoms with E-state index in [1.54, 1.807) is 4.90 Å². The van der Waals surface area contributed by atoms with Gasteiger partial charge in [0.1, 0.15) is 11.6 Å². The van der Waals surface area contributed by atoms with E-state index in [2.05, 4.69) is 5.32 Å². The molecule has 0 aromatic heterocycles. The Morgan fingerprint density at radius 1 is 1.35 bits per heavy atom. The first-order valence-electron chi connectivity index (χ1n) is 7.06. The van der Waals surface area contributed by atoms with Crippen molar-refractivity contribution in [2.75, 3.05) is 26.2 Å². The van der Waals surface area contributed by atoms with Gasteiger partial charge in [0.05, 0.1) is 0 Å². The zero-order chi connectivity index (χ0) is 14.5. The number of hydrogen-bond acceptors (Lipinski definition) is 2. The molecule has 2 rings (SSSR count). The highest BCUT2D eigenvalue weighted by atomic mass is 19.1. The summed E-state index contributed by atoms with van der Waals surface area (Å²) in [4.78, 5) is 14.0. The van der Waals surface area contributed by atoms with Gasteiger partial charge in [-0.2, -0.15) is 0 Å². The highest BCUT2D eigenvalue weighted by molar-refractivity contribution is 5.94. The Hall–Kier alpha value is -1.49. The lowest BCUT2D eigenvalue weighted by atomic mass is 9.98. The fourth-order valence-electron chi connectivity index (χ4n) is 2.61. The smallest absolute Gasteiger partial charge is 0.254 e. The van der Waals surface area contributed by atoms with Gasteiger partial charge in [-0.15, -0.1) is 0 Å². The Morgan fingerprint density at radius 2 is 2.05 bits per heavy atom. The SMILES string of the molecule is CCN(CC1CCCNC1)C(=O)c1cc(F)cc(F)c1. The fourth-order valence-corrected chi connectivity index (χ4v) is 2.61. The van der Waals surface area contributed by atoms with Gasteiger partial charge in [-0.3, -0.25) is 4.79 Å². The molecule has 1 atom stereocenters. The minimum absolute atomic E-state index is 0.0770. The van der Waals surface area contributed by atoms with E-state index in [1.165, 1.54) is 0 Å². The summed E-state index contributed by atoms with van der Waals surface area (Å²) >= 11 is 0. The van der Waals surface area contributed by atoms with Crippen LogP contribution in [0.2, 0.25) is 0 Å². The zero-order valence-corrected chi connectivity index (χ0v) is 11.7. The van der Waals surface area contributed by atoms with Crippen molar-refractivity contribution in [1.82, 2.24) is 10.2 Å². The summed E-state index contributed by atoms with van der Waals surface area (Å²) in [5.41, 5.74) is 0.0770. The van der Waals surface area contributed by atoms with E-state index in [9.17, 15) is 13.6 Å². The topological polar surface area (TPSA) is 32.3 Å². The number of rotatable bonds is 4. The molecule has 20 heavy (non-hydrogen) atoms. The maximum Gasteiger partial charge on any atom is 0.254 e. The molecule has 1 saturated heterocycles. The molecular formula is C15H20F2N2O. The van der Waals surface area contributed by atoms with Crippen LogP contribution in [0, 0.1) is 17.6 Å². The number of benzene rings is 1. The Kier molecular flexibility index (Phi) is 5.06. The largest absolute Gasteiger partial charge is 0.339 e.